The van der Waals surface area contributed by atoms with Crippen LogP contribution in [0.3, 0.4) is 0 Å². The van der Waals surface area contributed by atoms with E-state index in [-0.39, 0.29) is 5.91 Å². The first kappa shape index (κ1) is 13.7. The number of carbonyl (C=O) groups excluding carboxylic acids is 1. The van der Waals surface area contributed by atoms with E-state index in [0.717, 1.165) is 24.2 Å². The highest BCUT2D eigenvalue weighted by molar-refractivity contribution is 5.80. The molecule has 0 aromatic heterocycles. The van der Waals surface area contributed by atoms with E-state index in [1.54, 1.807) is 0 Å². The van der Waals surface area contributed by atoms with Crippen molar-refractivity contribution in [2.45, 2.75) is 38.6 Å². The van der Waals surface area contributed by atoms with Crippen molar-refractivity contribution in [1.29, 1.82) is 0 Å². The molecular weight excluding hydrogens is 236 g/mol. The average molecular weight is 258 g/mol. The van der Waals surface area contributed by atoms with Crippen molar-refractivity contribution in [3.63, 3.8) is 0 Å². The van der Waals surface area contributed by atoms with Crippen LogP contribution in [-0.4, -0.2) is 23.4 Å². The van der Waals surface area contributed by atoms with Crippen molar-refractivity contribution in [3.05, 3.63) is 42.0 Å². The molecule has 1 heterocycles. The van der Waals surface area contributed by atoms with Gasteiger partial charge in [-0.3, -0.25) is 4.79 Å². The molecule has 19 heavy (non-hydrogen) atoms. The molecule has 1 amide bonds. The monoisotopic (exact) mass is 258 g/mol. The molecule has 1 aromatic carbocycles. The Kier molecular flexibility index (Phi) is 4.61. The molecular formula is C16H22N2O. The first-order valence-corrected chi connectivity index (χ1v) is 7.01. The molecule has 2 N–H and O–H groups in total. The topological polar surface area (TPSA) is 46.3 Å². The van der Waals surface area contributed by atoms with Gasteiger partial charge in [-0.25, -0.2) is 0 Å². The highest BCUT2D eigenvalue weighted by atomic mass is 16.2. The van der Waals surface area contributed by atoms with Gasteiger partial charge in [-0.15, -0.1) is 0 Å². The molecule has 0 spiro atoms. The Balaban J connectivity index is 1.94. The average Bonchev–Trinajstić information content (AvgIpc) is 2.87. The largest absolute Gasteiger partial charge is 0.399 e. The predicted octanol–water partition coefficient (Wildman–Crippen LogP) is 2.77. The number of unbranched alkanes of at least 4 members (excludes halogenated alkanes) is 1. The molecule has 0 aliphatic carbocycles. The number of hydrogen-bond donors (Lipinski definition) is 1. The van der Waals surface area contributed by atoms with Crippen LogP contribution in [0.15, 0.2) is 36.4 Å². The van der Waals surface area contributed by atoms with E-state index in [9.17, 15) is 4.79 Å². The fourth-order valence-electron chi connectivity index (χ4n) is 2.43. The first-order valence-electron chi connectivity index (χ1n) is 7.01. The molecule has 0 saturated heterocycles. The summed E-state index contributed by atoms with van der Waals surface area (Å²) in [5, 5.41) is 0. The van der Waals surface area contributed by atoms with E-state index in [0.29, 0.717) is 12.5 Å². The molecule has 102 valence electrons. The van der Waals surface area contributed by atoms with Crippen LogP contribution in [0.5, 0.6) is 0 Å². The standard InChI is InChI=1S/C16H22N2O/c1-2-3-5-15-6-4-11-18(15)16(19)12-13-7-9-14(17)10-8-13/h4,6-10,15H,2-3,5,11-12,17H2,1H3. The lowest BCUT2D eigenvalue weighted by Gasteiger charge is -2.24. The van der Waals surface area contributed by atoms with Crippen LogP contribution in [0.2, 0.25) is 0 Å². The van der Waals surface area contributed by atoms with Gasteiger partial charge in [0.15, 0.2) is 0 Å². The van der Waals surface area contributed by atoms with E-state index in [2.05, 4.69) is 19.1 Å². The Bertz CT molecular complexity index is 450. The maximum Gasteiger partial charge on any atom is 0.227 e. The second-order valence-electron chi connectivity index (χ2n) is 5.10. The van der Waals surface area contributed by atoms with E-state index < -0.39 is 0 Å². The Morgan fingerprint density at radius 1 is 1.37 bits per heavy atom. The van der Waals surface area contributed by atoms with Crippen LogP contribution in [0.25, 0.3) is 0 Å². The second-order valence-corrected chi connectivity index (χ2v) is 5.10. The zero-order chi connectivity index (χ0) is 13.7. The van der Waals surface area contributed by atoms with Crippen molar-refractivity contribution >= 4 is 11.6 Å². The van der Waals surface area contributed by atoms with Gasteiger partial charge in [0.1, 0.15) is 0 Å². The minimum atomic E-state index is 0.205. The molecule has 1 aliphatic rings. The highest BCUT2D eigenvalue weighted by Crippen LogP contribution is 2.18. The van der Waals surface area contributed by atoms with Crippen LogP contribution < -0.4 is 5.73 Å². The summed E-state index contributed by atoms with van der Waals surface area (Å²) in [5.74, 6) is 0.205. The number of anilines is 1. The van der Waals surface area contributed by atoms with Crippen LogP contribution in [0.1, 0.15) is 31.7 Å². The fourth-order valence-corrected chi connectivity index (χ4v) is 2.43. The van der Waals surface area contributed by atoms with Gasteiger partial charge in [0.05, 0.1) is 12.5 Å². The van der Waals surface area contributed by atoms with Crippen molar-refractivity contribution in [1.82, 2.24) is 4.90 Å². The Labute approximate surface area is 115 Å². The predicted molar refractivity (Wildman–Crippen MR) is 78.7 cm³/mol. The number of nitrogens with zero attached hydrogens (tertiary/aromatic N) is 1. The normalized spacial score (nSPS) is 17.9. The summed E-state index contributed by atoms with van der Waals surface area (Å²) in [7, 11) is 0. The quantitative estimate of drug-likeness (QED) is 0.652. The molecule has 0 radical (unpaired) electrons. The number of hydrogen-bond acceptors (Lipinski definition) is 2. The Morgan fingerprint density at radius 3 is 2.79 bits per heavy atom. The minimum absolute atomic E-state index is 0.205. The summed E-state index contributed by atoms with van der Waals surface area (Å²) in [6, 6.07) is 7.84. The molecule has 3 nitrogen and oxygen atoms in total. The molecule has 0 fully saturated rings. The molecule has 1 aliphatic heterocycles. The lowest BCUT2D eigenvalue weighted by Crippen LogP contribution is -2.37. The lowest BCUT2D eigenvalue weighted by molar-refractivity contribution is -0.130. The fraction of sp³-hybridized carbons (Fsp3) is 0.438. The van der Waals surface area contributed by atoms with Gasteiger partial charge in [-0.2, -0.15) is 0 Å². The summed E-state index contributed by atoms with van der Waals surface area (Å²) in [4.78, 5) is 14.3. The smallest absolute Gasteiger partial charge is 0.227 e. The number of carbonyl (C=O) groups is 1. The second kappa shape index (κ2) is 6.41. The summed E-state index contributed by atoms with van der Waals surface area (Å²) >= 11 is 0. The molecule has 1 atom stereocenters. The van der Waals surface area contributed by atoms with Gasteiger partial charge in [0.2, 0.25) is 5.91 Å². The molecule has 3 heteroatoms. The third-order valence-corrected chi connectivity index (χ3v) is 3.57. The van der Waals surface area contributed by atoms with Gasteiger partial charge in [-0.05, 0) is 24.1 Å². The van der Waals surface area contributed by atoms with Crippen molar-refractivity contribution in [3.8, 4) is 0 Å². The first-order chi connectivity index (χ1) is 9.20. The Morgan fingerprint density at radius 2 is 2.11 bits per heavy atom. The summed E-state index contributed by atoms with van der Waals surface area (Å²) in [5.41, 5.74) is 7.42. The number of rotatable bonds is 5. The number of nitrogens with two attached hydrogens (primary N) is 1. The van der Waals surface area contributed by atoms with Crippen LogP contribution in [0.4, 0.5) is 5.69 Å². The molecule has 0 saturated carbocycles. The summed E-state index contributed by atoms with van der Waals surface area (Å²) in [6.45, 7) is 2.93. The molecule has 0 bridgehead atoms. The number of amides is 1. The zero-order valence-corrected chi connectivity index (χ0v) is 11.5. The summed E-state index contributed by atoms with van der Waals surface area (Å²) in [6.07, 6.45) is 8.13. The highest BCUT2D eigenvalue weighted by Gasteiger charge is 2.23. The number of nitrogen functional groups attached to an aromatic ring is 1. The molecule has 1 aromatic rings. The van der Waals surface area contributed by atoms with E-state index in [4.69, 9.17) is 5.73 Å². The maximum absolute atomic E-state index is 12.3. The zero-order valence-electron chi connectivity index (χ0n) is 11.5. The van der Waals surface area contributed by atoms with Gasteiger partial charge in [-0.1, -0.05) is 44.1 Å². The van der Waals surface area contributed by atoms with Gasteiger partial charge in [0.25, 0.3) is 0 Å². The third-order valence-electron chi connectivity index (χ3n) is 3.57. The van der Waals surface area contributed by atoms with Gasteiger partial charge in [0, 0.05) is 12.2 Å². The molecule has 2 rings (SSSR count). The van der Waals surface area contributed by atoms with Crippen molar-refractivity contribution < 1.29 is 4.79 Å². The summed E-state index contributed by atoms with van der Waals surface area (Å²) < 4.78 is 0. The van der Waals surface area contributed by atoms with Gasteiger partial charge >= 0.3 is 0 Å². The van der Waals surface area contributed by atoms with Crippen molar-refractivity contribution in [2.24, 2.45) is 0 Å². The van der Waals surface area contributed by atoms with Crippen LogP contribution >= 0.6 is 0 Å². The van der Waals surface area contributed by atoms with Gasteiger partial charge < -0.3 is 10.6 Å². The van der Waals surface area contributed by atoms with Crippen LogP contribution in [0, 0.1) is 0 Å². The van der Waals surface area contributed by atoms with E-state index in [1.165, 1.54) is 12.8 Å². The molecule has 1 unspecified atom stereocenters. The van der Waals surface area contributed by atoms with E-state index in [1.807, 2.05) is 29.2 Å². The SMILES string of the molecule is CCCCC1C=CCN1C(=O)Cc1ccc(N)cc1. The minimum Gasteiger partial charge on any atom is -0.399 e. The van der Waals surface area contributed by atoms with Crippen LogP contribution in [-0.2, 0) is 11.2 Å². The number of benzene rings is 1. The maximum atomic E-state index is 12.3. The Hall–Kier alpha value is -1.77. The lowest BCUT2D eigenvalue weighted by atomic mass is 10.1. The van der Waals surface area contributed by atoms with Crippen molar-refractivity contribution in [2.75, 3.05) is 12.3 Å². The third kappa shape index (κ3) is 3.60. The van der Waals surface area contributed by atoms with E-state index >= 15 is 0 Å².